The molecular weight excluding hydrogens is 478 g/mol. The molecule has 1 aromatic rings. The number of ether oxygens (including phenoxy) is 2. The van der Waals surface area contributed by atoms with Crippen LogP contribution in [0.5, 0.6) is 11.5 Å². The van der Waals surface area contributed by atoms with Crippen LogP contribution in [0.1, 0.15) is 99.0 Å². The molecule has 0 radical (unpaired) electrons. The summed E-state index contributed by atoms with van der Waals surface area (Å²) >= 11 is 0. The predicted octanol–water partition coefficient (Wildman–Crippen LogP) is 9.80. The molecule has 0 fully saturated rings. The number of nitrogens with one attached hydrogen (secondary N) is 1. The quantitative estimate of drug-likeness (QED) is 0.230. The number of allylic oxidation sites excluding steroid dienone is 8. The lowest BCUT2D eigenvalue weighted by Gasteiger charge is -2.16. The summed E-state index contributed by atoms with van der Waals surface area (Å²) in [7, 11) is 0. The summed E-state index contributed by atoms with van der Waals surface area (Å²) in [5.41, 5.74) is 8.42. The molecule has 1 unspecified atom stereocenters. The molecule has 0 aromatic heterocycles. The van der Waals surface area contributed by atoms with Crippen LogP contribution in [-0.4, -0.2) is 12.8 Å². The topological polar surface area (TPSA) is 30.5 Å². The number of hydrogen-bond donors (Lipinski definition) is 1. The Morgan fingerprint density at radius 1 is 0.757 bits per heavy atom. The molecule has 0 saturated carbocycles. The molecule has 1 aliphatic heterocycles. The fourth-order valence-electron chi connectivity index (χ4n) is 4.19. The van der Waals surface area contributed by atoms with Crippen molar-refractivity contribution >= 4 is 12.4 Å². The highest BCUT2D eigenvalue weighted by Crippen LogP contribution is 2.32. The van der Waals surface area contributed by atoms with Crippen molar-refractivity contribution in [3.05, 3.63) is 82.0 Å². The lowest BCUT2D eigenvalue weighted by Crippen LogP contribution is -2.26. The summed E-state index contributed by atoms with van der Waals surface area (Å²) in [5, 5.41) is 3.77. The average Bonchev–Trinajstić information content (AvgIpc) is 3.28. The van der Waals surface area contributed by atoms with Gasteiger partial charge in [-0.2, -0.15) is 0 Å². The monoisotopic (exact) mass is 527 g/mol. The van der Waals surface area contributed by atoms with Crippen molar-refractivity contribution in [1.29, 1.82) is 0 Å². The molecule has 0 saturated heterocycles. The van der Waals surface area contributed by atoms with E-state index in [0.717, 1.165) is 63.0 Å². The molecule has 0 amide bonds. The molecular formula is C33H50ClNO2. The maximum absolute atomic E-state index is 5.55. The van der Waals surface area contributed by atoms with E-state index < -0.39 is 0 Å². The first-order valence-electron chi connectivity index (χ1n) is 13.6. The fourth-order valence-corrected chi connectivity index (χ4v) is 4.19. The van der Waals surface area contributed by atoms with Gasteiger partial charge in [0, 0.05) is 12.6 Å². The zero-order chi connectivity index (χ0) is 26.3. The van der Waals surface area contributed by atoms with E-state index in [2.05, 4.69) is 96.3 Å². The summed E-state index contributed by atoms with van der Waals surface area (Å²) in [6, 6.07) is 6.52. The van der Waals surface area contributed by atoms with Gasteiger partial charge in [0.2, 0.25) is 6.79 Å². The normalized spacial score (nSPS) is 14.2. The van der Waals surface area contributed by atoms with Gasteiger partial charge in [-0.05, 0) is 111 Å². The lowest BCUT2D eigenvalue weighted by molar-refractivity contribution is 0.174. The Hall–Kier alpha value is -2.23. The van der Waals surface area contributed by atoms with Crippen molar-refractivity contribution in [1.82, 2.24) is 5.32 Å². The Morgan fingerprint density at radius 3 is 1.97 bits per heavy atom. The molecule has 37 heavy (non-hydrogen) atoms. The number of hydrogen-bond acceptors (Lipinski definition) is 3. The minimum Gasteiger partial charge on any atom is -0.454 e. The number of rotatable bonds is 15. The molecule has 206 valence electrons. The van der Waals surface area contributed by atoms with E-state index in [1.54, 1.807) is 0 Å². The molecule has 4 heteroatoms. The third-order valence-electron chi connectivity index (χ3n) is 6.43. The van der Waals surface area contributed by atoms with Crippen LogP contribution in [0.15, 0.2) is 76.4 Å². The molecule has 0 spiro atoms. The Kier molecular flexibility index (Phi) is 16.0. The number of halogens is 1. The maximum atomic E-state index is 5.55. The van der Waals surface area contributed by atoms with E-state index in [-0.39, 0.29) is 12.4 Å². The van der Waals surface area contributed by atoms with Crippen molar-refractivity contribution in [3.63, 3.8) is 0 Å². The second-order valence-electron chi connectivity index (χ2n) is 10.7. The van der Waals surface area contributed by atoms with Crippen LogP contribution < -0.4 is 14.8 Å². The van der Waals surface area contributed by atoms with Gasteiger partial charge >= 0.3 is 0 Å². The van der Waals surface area contributed by atoms with Crippen molar-refractivity contribution in [2.45, 2.75) is 106 Å². The van der Waals surface area contributed by atoms with Crippen LogP contribution in [-0.2, 0) is 6.54 Å². The van der Waals surface area contributed by atoms with Gasteiger partial charge in [-0.15, -0.1) is 12.4 Å². The van der Waals surface area contributed by atoms with Gasteiger partial charge in [0.05, 0.1) is 0 Å². The number of fused-ring (bicyclic) bond motifs is 1. The molecule has 0 bridgehead atoms. The highest BCUT2D eigenvalue weighted by Gasteiger charge is 2.13. The first-order chi connectivity index (χ1) is 17.2. The minimum atomic E-state index is 0. The summed E-state index contributed by atoms with van der Waals surface area (Å²) in [4.78, 5) is 0. The fraction of sp³-hybridized carbons (Fsp3) is 0.515. The van der Waals surface area contributed by atoms with Crippen molar-refractivity contribution in [2.75, 3.05) is 6.79 Å². The van der Waals surface area contributed by atoms with Gasteiger partial charge in [-0.1, -0.05) is 64.3 Å². The predicted molar refractivity (Wildman–Crippen MR) is 163 cm³/mol. The van der Waals surface area contributed by atoms with E-state index in [1.165, 1.54) is 33.4 Å². The van der Waals surface area contributed by atoms with Gasteiger partial charge < -0.3 is 14.8 Å². The second-order valence-corrected chi connectivity index (χ2v) is 10.7. The standard InChI is InChI=1S/C33H49NO2.ClH/c1-25(2)11-8-13-27(5)14-10-15-28(6)17-19-31(21-29(7)16-9-12-26(3)4)34-23-30-18-20-32-33(22-30)36-24-35-32;/h11-12,14,17-18,20-22,31,34H,8-10,13,15-16,19,23-24H2,1-7H3;1H/b27-14?,28-17?,29-21+;. The largest absolute Gasteiger partial charge is 0.454 e. The zero-order valence-electron chi connectivity index (χ0n) is 24.3. The summed E-state index contributed by atoms with van der Waals surface area (Å²) < 4.78 is 11.0. The minimum absolute atomic E-state index is 0. The van der Waals surface area contributed by atoms with Crippen LogP contribution >= 0.6 is 12.4 Å². The summed E-state index contributed by atoms with van der Waals surface area (Å²) in [6.07, 6.45) is 19.7. The van der Waals surface area contributed by atoms with Crippen LogP contribution in [0.4, 0.5) is 0 Å². The van der Waals surface area contributed by atoms with Crippen molar-refractivity contribution in [3.8, 4) is 11.5 Å². The van der Waals surface area contributed by atoms with Crippen LogP contribution in [0, 0.1) is 0 Å². The molecule has 1 N–H and O–H groups in total. The first kappa shape index (κ1) is 32.8. The second kappa shape index (κ2) is 18.1. The Bertz CT molecular complexity index is 976. The SMILES string of the molecule is CC(C)=CCCC(C)=CCCC(C)=CCC(/C=C(\C)CCC=C(C)C)NCc1ccc2c(c1)OCO2.Cl. The lowest BCUT2D eigenvalue weighted by atomic mass is 10.0. The summed E-state index contributed by atoms with van der Waals surface area (Å²) in [6.45, 7) is 16.6. The molecule has 3 nitrogen and oxygen atoms in total. The third kappa shape index (κ3) is 14.3. The third-order valence-corrected chi connectivity index (χ3v) is 6.43. The van der Waals surface area contributed by atoms with Crippen molar-refractivity contribution in [2.24, 2.45) is 0 Å². The Morgan fingerprint density at radius 2 is 1.32 bits per heavy atom. The molecule has 1 aliphatic rings. The van der Waals surface area contributed by atoms with Gasteiger partial charge in [-0.25, -0.2) is 0 Å². The highest BCUT2D eigenvalue weighted by molar-refractivity contribution is 5.85. The summed E-state index contributed by atoms with van der Waals surface area (Å²) in [5.74, 6) is 1.68. The van der Waals surface area contributed by atoms with E-state index in [4.69, 9.17) is 9.47 Å². The molecule has 2 rings (SSSR count). The van der Waals surface area contributed by atoms with Crippen LogP contribution in [0.3, 0.4) is 0 Å². The van der Waals surface area contributed by atoms with Gasteiger partial charge in [0.15, 0.2) is 11.5 Å². The highest BCUT2D eigenvalue weighted by atomic mass is 35.5. The zero-order valence-corrected chi connectivity index (χ0v) is 25.1. The van der Waals surface area contributed by atoms with Crippen molar-refractivity contribution < 1.29 is 9.47 Å². The maximum Gasteiger partial charge on any atom is 0.231 e. The molecule has 1 aromatic carbocycles. The molecule has 1 atom stereocenters. The Balaban J connectivity index is 0.00000684. The average molecular weight is 528 g/mol. The smallest absolute Gasteiger partial charge is 0.231 e. The van der Waals surface area contributed by atoms with Crippen LogP contribution in [0.2, 0.25) is 0 Å². The van der Waals surface area contributed by atoms with E-state index >= 15 is 0 Å². The van der Waals surface area contributed by atoms with E-state index in [1.807, 2.05) is 6.07 Å². The van der Waals surface area contributed by atoms with E-state index in [9.17, 15) is 0 Å². The molecule has 1 heterocycles. The Labute approximate surface area is 233 Å². The van der Waals surface area contributed by atoms with Gasteiger partial charge in [0.1, 0.15) is 0 Å². The van der Waals surface area contributed by atoms with Gasteiger partial charge in [-0.3, -0.25) is 0 Å². The first-order valence-corrected chi connectivity index (χ1v) is 13.6. The van der Waals surface area contributed by atoms with Gasteiger partial charge in [0.25, 0.3) is 0 Å². The molecule has 0 aliphatic carbocycles. The number of benzene rings is 1. The van der Waals surface area contributed by atoms with E-state index in [0.29, 0.717) is 12.8 Å². The van der Waals surface area contributed by atoms with Crippen LogP contribution in [0.25, 0.3) is 0 Å².